The van der Waals surface area contributed by atoms with Crippen molar-refractivity contribution in [2.24, 2.45) is 23.5 Å². The molecule has 22 heavy (non-hydrogen) atoms. The Labute approximate surface area is 135 Å². The maximum Gasteiger partial charge on any atom is 0.225 e. The van der Waals surface area contributed by atoms with Crippen LogP contribution in [0.15, 0.2) is 0 Å². The minimum atomic E-state index is 0.233. The van der Waals surface area contributed by atoms with E-state index in [9.17, 15) is 4.79 Å². The molecule has 3 aliphatic rings. The van der Waals surface area contributed by atoms with Gasteiger partial charge in [-0.05, 0) is 63.5 Å². The lowest BCUT2D eigenvalue weighted by atomic mass is 9.65. The van der Waals surface area contributed by atoms with E-state index in [2.05, 4.69) is 11.8 Å². The zero-order valence-electron chi connectivity index (χ0n) is 14.3. The highest BCUT2D eigenvalue weighted by atomic mass is 16.2. The molecule has 2 aliphatic carbocycles. The van der Waals surface area contributed by atoms with Crippen LogP contribution in [0.2, 0.25) is 0 Å². The van der Waals surface area contributed by atoms with Crippen LogP contribution < -0.4 is 5.73 Å². The van der Waals surface area contributed by atoms with Gasteiger partial charge < -0.3 is 10.6 Å². The summed E-state index contributed by atoms with van der Waals surface area (Å²) in [6, 6.07) is 0.929. The van der Waals surface area contributed by atoms with Gasteiger partial charge in [-0.25, -0.2) is 0 Å². The van der Waals surface area contributed by atoms with Gasteiger partial charge in [0, 0.05) is 31.6 Å². The van der Waals surface area contributed by atoms with Gasteiger partial charge in [0.1, 0.15) is 0 Å². The first kappa shape index (κ1) is 16.3. The summed E-state index contributed by atoms with van der Waals surface area (Å²) in [6.45, 7) is 5.44. The topological polar surface area (TPSA) is 49.6 Å². The molecule has 0 aromatic carbocycles. The van der Waals surface area contributed by atoms with Crippen molar-refractivity contribution in [1.82, 2.24) is 9.80 Å². The monoisotopic (exact) mass is 307 g/mol. The fourth-order valence-corrected chi connectivity index (χ4v) is 5.23. The molecule has 0 radical (unpaired) electrons. The van der Waals surface area contributed by atoms with Gasteiger partial charge in [-0.15, -0.1) is 0 Å². The van der Waals surface area contributed by atoms with E-state index < -0.39 is 0 Å². The number of likely N-dealkylation sites (tertiary alicyclic amines) is 1. The van der Waals surface area contributed by atoms with Gasteiger partial charge >= 0.3 is 0 Å². The van der Waals surface area contributed by atoms with Crippen molar-refractivity contribution in [3.63, 3.8) is 0 Å². The van der Waals surface area contributed by atoms with Gasteiger partial charge in [-0.2, -0.15) is 0 Å². The molecule has 1 aliphatic heterocycles. The summed E-state index contributed by atoms with van der Waals surface area (Å²) in [6.07, 6.45) is 8.36. The Bertz CT molecular complexity index is 386. The molecule has 2 bridgehead atoms. The number of hydrogen-bond acceptors (Lipinski definition) is 3. The zero-order chi connectivity index (χ0) is 15.7. The molecule has 0 spiro atoms. The Morgan fingerprint density at radius 3 is 2.50 bits per heavy atom. The van der Waals surface area contributed by atoms with E-state index >= 15 is 0 Å². The third kappa shape index (κ3) is 3.18. The van der Waals surface area contributed by atoms with Crippen LogP contribution in [0.4, 0.5) is 0 Å². The number of carbonyl (C=O) groups excluding carboxylic acids is 1. The van der Waals surface area contributed by atoms with E-state index in [1.54, 1.807) is 0 Å². The van der Waals surface area contributed by atoms with Crippen molar-refractivity contribution >= 4 is 5.91 Å². The summed E-state index contributed by atoms with van der Waals surface area (Å²) in [4.78, 5) is 17.4. The van der Waals surface area contributed by atoms with Crippen LogP contribution in [0, 0.1) is 17.8 Å². The number of nitrogens with two attached hydrogens (primary N) is 1. The van der Waals surface area contributed by atoms with Crippen LogP contribution in [-0.4, -0.2) is 54.5 Å². The molecule has 126 valence electrons. The minimum Gasteiger partial charge on any atom is -0.344 e. The van der Waals surface area contributed by atoms with Crippen LogP contribution in [0.5, 0.6) is 0 Å². The first-order valence-corrected chi connectivity index (χ1v) is 9.34. The predicted octanol–water partition coefficient (Wildman–Crippen LogP) is 2.08. The van der Waals surface area contributed by atoms with Crippen molar-refractivity contribution < 1.29 is 4.79 Å². The Morgan fingerprint density at radius 1 is 1.18 bits per heavy atom. The lowest BCUT2D eigenvalue weighted by Crippen LogP contribution is -2.50. The quantitative estimate of drug-likeness (QED) is 0.865. The first-order valence-electron chi connectivity index (χ1n) is 9.34. The highest BCUT2D eigenvalue weighted by Crippen LogP contribution is 2.42. The molecule has 0 aromatic heterocycles. The van der Waals surface area contributed by atoms with Gasteiger partial charge in [0.15, 0.2) is 0 Å². The lowest BCUT2D eigenvalue weighted by molar-refractivity contribution is -0.137. The molecular formula is C18H33N3O. The van der Waals surface area contributed by atoms with Gasteiger partial charge in [0.25, 0.3) is 0 Å². The fraction of sp³-hybridized carbons (Fsp3) is 0.944. The van der Waals surface area contributed by atoms with E-state index in [0.717, 1.165) is 25.9 Å². The maximum atomic E-state index is 12.9. The van der Waals surface area contributed by atoms with Crippen molar-refractivity contribution in [3.05, 3.63) is 0 Å². The Balaban J connectivity index is 1.57. The van der Waals surface area contributed by atoms with Crippen LogP contribution >= 0.6 is 0 Å². The molecule has 2 saturated carbocycles. The summed E-state index contributed by atoms with van der Waals surface area (Å²) in [5, 5.41) is 0. The molecule has 3 unspecified atom stereocenters. The molecule has 1 heterocycles. The van der Waals surface area contributed by atoms with Crippen molar-refractivity contribution in [1.29, 1.82) is 0 Å². The average molecular weight is 307 g/mol. The van der Waals surface area contributed by atoms with E-state index in [1.807, 2.05) is 11.9 Å². The number of hydrogen-bond donors (Lipinski definition) is 1. The third-order valence-electron chi connectivity index (χ3n) is 6.53. The first-order chi connectivity index (χ1) is 10.6. The van der Waals surface area contributed by atoms with Crippen LogP contribution in [0.1, 0.15) is 51.9 Å². The number of nitrogens with zero attached hydrogens (tertiary/aromatic N) is 2. The summed E-state index contributed by atoms with van der Waals surface area (Å²) >= 11 is 0. The molecule has 1 amide bonds. The maximum absolute atomic E-state index is 12.9. The normalized spacial score (nSPS) is 39.0. The van der Waals surface area contributed by atoms with Crippen LogP contribution in [0.3, 0.4) is 0 Å². The molecule has 3 fully saturated rings. The van der Waals surface area contributed by atoms with E-state index in [4.69, 9.17) is 5.73 Å². The van der Waals surface area contributed by atoms with E-state index in [1.165, 1.54) is 38.6 Å². The van der Waals surface area contributed by atoms with Gasteiger partial charge in [-0.3, -0.25) is 9.69 Å². The summed E-state index contributed by atoms with van der Waals surface area (Å²) in [7, 11) is 2.01. The SMILES string of the molecule is CCN1CCCC1CN(C)C(=O)C1CC2CCCC(C1)C2N. The second-order valence-electron chi connectivity index (χ2n) is 7.84. The molecule has 4 heteroatoms. The molecule has 3 rings (SSSR count). The minimum absolute atomic E-state index is 0.233. The Kier molecular flexibility index (Phi) is 5.08. The fourth-order valence-electron chi connectivity index (χ4n) is 5.23. The van der Waals surface area contributed by atoms with Crippen LogP contribution in [-0.2, 0) is 4.79 Å². The smallest absolute Gasteiger partial charge is 0.225 e. The summed E-state index contributed by atoms with van der Waals surface area (Å²) in [5.41, 5.74) is 6.36. The molecular weight excluding hydrogens is 274 g/mol. The van der Waals surface area contributed by atoms with Crippen molar-refractivity contribution in [3.8, 4) is 0 Å². The largest absolute Gasteiger partial charge is 0.344 e. The number of carbonyl (C=O) groups is 1. The molecule has 2 N–H and O–H groups in total. The summed E-state index contributed by atoms with van der Waals surface area (Å²) in [5.74, 6) is 1.80. The lowest BCUT2D eigenvalue weighted by Gasteiger charge is -2.44. The number of rotatable bonds is 4. The standard InChI is InChI=1S/C18H33N3O/c1-3-21-9-5-8-16(21)12-20(2)18(22)15-10-13-6-4-7-14(11-15)17(13)19/h13-17H,3-12,19H2,1-2H3. The van der Waals surface area contributed by atoms with Crippen LogP contribution in [0.25, 0.3) is 0 Å². The average Bonchev–Trinajstić information content (AvgIpc) is 2.93. The third-order valence-corrected chi connectivity index (χ3v) is 6.53. The number of likely N-dealkylation sites (N-methyl/N-ethyl adjacent to an activating group) is 2. The van der Waals surface area contributed by atoms with E-state index in [0.29, 0.717) is 29.8 Å². The Hall–Kier alpha value is -0.610. The van der Waals surface area contributed by atoms with E-state index in [-0.39, 0.29) is 5.92 Å². The number of fused-ring (bicyclic) bond motifs is 2. The van der Waals surface area contributed by atoms with Gasteiger partial charge in [0.2, 0.25) is 5.91 Å². The highest BCUT2D eigenvalue weighted by molar-refractivity contribution is 5.78. The molecule has 4 nitrogen and oxygen atoms in total. The predicted molar refractivity (Wildman–Crippen MR) is 89.4 cm³/mol. The second kappa shape index (κ2) is 6.88. The number of amides is 1. The van der Waals surface area contributed by atoms with Crippen molar-refractivity contribution in [2.45, 2.75) is 64.0 Å². The highest BCUT2D eigenvalue weighted by Gasteiger charge is 2.41. The molecule has 0 aromatic rings. The van der Waals surface area contributed by atoms with Gasteiger partial charge in [0.05, 0.1) is 0 Å². The van der Waals surface area contributed by atoms with Crippen molar-refractivity contribution in [2.75, 3.05) is 26.7 Å². The zero-order valence-corrected chi connectivity index (χ0v) is 14.3. The Morgan fingerprint density at radius 2 is 1.86 bits per heavy atom. The molecule has 1 saturated heterocycles. The van der Waals surface area contributed by atoms with Gasteiger partial charge in [-0.1, -0.05) is 13.3 Å². The second-order valence-corrected chi connectivity index (χ2v) is 7.84. The summed E-state index contributed by atoms with van der Waals surface area (Å²) < 4.78 is 0. The molecule has 3 atom stereocenters.